The van der Waals surface area contributed by atoms with Gasteiger partial charge in [-0.05, 0) is 61.2 Å². The summed E-state index contributed by atoms with van der Waals surface area (Å²) in [6.07, 6.45) is 7.22. The molecule has 0 aromatic heterocycles. The number of sulfonamides is 1. The Morgan fingerprint density at radius 3 is 2.25 bits per heavy atom. The zero-order chi connectivity index (χ0) is 22.6. The second-order valence-electron chi connectivity index (χ2n) is 8.60. The average molecular weight is 456 g/mol. The van der Waals surface area contributed by atoms with Gasteiger partial charge in [-0.2, -0.15) is 0 Å². The number of nitrogens with one attached hydrogen (secondary N) is 3. The number of anilines is 1. The molecule has 170 valence electrons. The van der Waals surface area contributed by atoms with Crippen LogP contribution in [0.4, 0.5) is 5.69 Å². The van der Waals surface area contributed by atoms with Crippen molar-refractivity contribution in [3.05, 3.63) is 60.2 Å². The summed E-state index contributed by atoms with van der Waals surface area (Å²) in [5.41, 5.74) is 0.773. The van der Waals surface area contributed by atoms with Gasteiger partial charge >= 0.3 is 0 Å². The van der Waals surface area contributed by atoms with E-state index >= 15 is 0 Å². The van der Waals surface area contributed by atoms with Gasteiger partial charge in [-0.15, -0.1) is 0 Å². The van der Waals surface area contributed by atoms with Gasteiger partial charge in [0.05, 0.1) is 10.9 Å². The predicted molar refractivity (Wildman–Crippen MR) is 123 cm³/mol. The van der Waals surface area contributed by atoms with E-state index in [1.165, 1.54) is 56.4 Å². The Balaban J connectivity index is 1.37. The predicted octanol–water partition coefficient (Wildman–Crippen LogP) is 3.30. The van der Waals surface area contributed by atoms with Crippen molar-refractivity contribution < 1.29 is 18.0 Å². The molecule has 2 atom stereocenters. The lowest BCUT2D eigenvalue weighted by Crippen LogP contribution is -2.42. The highest BCUT2D eigenvalue weighted by Gasteiger charge is 2.38. The van der Waals surface area contributed by atoms with Crippen LogP contribution in [0, 0.1) is 11.8 Å². The van der Waals surface area contributed by atoms with Gasteiger partial charge < -0.3 is 10.6 Å². The number of amides is 2. The zero-order valence-electron chi connectivity index (χ0n) is 17.9. The van der Waals surface area contributed by atoms with E-state index in [9.17, 15) is 18.0 Å². The summed E-state index contributed by atoms with van der Waals surface area (Å²) in [7, 11) is -3.94. The summed E-state index contributed by atoms with van der Waals surface area (Å²) < 4.78 is 26.8. The van der Waals surface area contributed by atoms with Crippen LogP contribution in [0.25, 0.3) is 0 Å². The Morgan fingerprint density at radius 1 is 0.875 bits per heavy atom. The van der Waals surface area contributed by atoms with E-state index in [1.807, 2.05) is 0 Å². The molecule has 0 spiro atoms. The van der Waals surface area contributed by atoms with Crippen LogP contribution in [0.15, 0.2) is 59.5 Å². The van der Waals surface area contributed by atoms with Crippen LogP contribution in [0.2, 0.25) is 0 Å². The molecule has 2 aliphatic rings. The van der Waals surface area contributed by atoms with E-state index in [0.29, 0.717) is 17.5 Å². The third-order valence-corrected chi connectivity index (χ3v) is 7.85. The Kier molecular flexibility index (Phi) is 6.91. The van der Waals surface area contributed by atoms with Gasteiger partial charge in [0, 0.05) is 11.3 Å². The van der Waals surface area contributed by atoms with E-state index in [0.717, 1.165) is 13.0 Å². The first kappa shape index (κ1) is 22.5. The third-order valence-electron chi connectivity index (χ3n) is 6.50. The summed E-state index contributed by atoms with van der Waals surface area (Å²) in [6.45, 7) is 0.855. The van der Waals surface area contributed by atoms with Crippen LogP contribution < -0.4 is 15.4 Å². The molecule has 7 nitrogen and oxygen atoms in total. The molecule has 2 amide bonds. The summed E-state index contributed by atoms with van der Waals surface area (Å²) in [5.74, 6) is 0.194. The van der Waals surface area contributed by atoms with Gasteiger partial charge in [0.25, 0.3) is 15.9 Å². The Morgan fingerprint density at radius 2 is 1.56 bits per heavy atom. The second-order valence-corrected chi connectivity index (χ2v) is 10.3. The van der Waals surface area contributed by atoms with E-state index in [1.54, 1.807) is 30.3 Å². The van der Waals surface area contributed by atoms with Crippen molar-refractivity contribution in [1.29, 1.82) is 0 Å². The van der Waals surface area contributed by atoms with Crippen molar-refractivity contribution in [1.82, 2.24) is 10.0 Å². The van der Waals surface area contributed by atoms with Crippen LogP contribution in [0.5, 0.6) is 0 Å². The van der Waals surface area contributed by atoms with E-state index in [4.69, 9.17) is 0 Å². The molecular weight excluding hydrogens is 426 g/mol. The summed E-state index contributed by atoms with van der Waals surface area (Å²) >= 11 is 0. The minimum atomic E-state index is -3.94. The fourth-order valence-electron chi connectivity index (χ4n) is 4.85. The fourth-order valence-corrected chi connectivity index (χ4v) is 5.84. The maximum absolute atomic E-state index is 12.9. The Labute approximate surface area is 189 Å². The van der Waals surface area contributed by atoms with Crippen LogP contribution in [-0.4, -0.2) is 32.8 Å². The summed E-state index contributed by atoms with van der Waals surface area (Å²) in [6, 6.07) is 13.8. The first-order valence-corrected chi connectivity index (χ1v) is 12.7. The lowest BCUT2D eigenvalue weighted by atomic mass is 9.76. The first-order chi connectivity index (χ1) is 15.4. The molecule has 0 radical (unpaired) electrons. The molecule has 2 aromatic carbocycles. The highest BCUT2D eigenvalue weighted by atomic mass is 32.2. The van der Waals surface area contributed by atoms with Crippen LogP contribution in [0.3, 0.4) is 0 Å². The normalized spacial score (nSPS) is 21.8. The SMILES string of the molecule is O=C(NS(=O)(=O)c1ccccc1)c1ccc(NC(=O)[C@H]2NCCC2C2CCCCC2)cc1. The molecule has 3 N–H and O–H groups in total. The Bertz CT molecular complexity index is 1050. The van der Waals surface area contributed by atoms with Crippen LogP contribution >= 0.6 is 0 Å². The molecule has 32 heavy (non-hydrogen) atoms. The van der Waals surface area contributed by atoms with Gasteiger partial charge in [0.1, 0.15) is 0 Å². The molecule has 1 saturated carbocycles. The van der Waals surface area contributed by atoms with Crippen molar-refractivity contribution in [3.63, 3.8) is 0 Å². The van der Waals surface area contributed by atoms with Crippen molar-refractivity contribution in [2.45, 2.75) is 49.5 Å². The molecule has 2 fully saturated rings. The Hall–Kier alpha value is -2.71. The second kappa shape index (κ2) is 9.83. The molecule has 1 saturated heterocycles. The molecule has 1 aliphatic carbocycles. The number of hydrogen-bond donors (Lipinski definition) is 3. The molecule has 4 rings (SSSR count). The molecule has 1 unspecified atom stereocenters. The number of benzene rings is 2. The third kappa shape index (κ3) is 5.19. The van der Waals surface area contributed by atoms with Gasteiger partial charge in [0.15, 0.2) is 0 Å². The average Bonchev–Trinajstić information content (AvgIpc) is 3.31. The maximum atomic E-state index is 12.9. The standard InChI is InChI=1S/C24H29N3O4S/c28-23(27-32(30,31)20-9-5-2-6-10-20)18-11-13-19(14-12-18)26-24(29)22-21(15-16-25-22)17-7-3-1-4-8-17/h2,5-6,9-14,17,21-22,25H,1,3-4,7-8,15-16H2,(H,26,29)(H,27,28)/t21?,22-/m0/s1. The minimum Gasteiger partial charge on any atom is -0.325 e. The maximum Gasteiger partial charge on any atom is 0.264 e. The van der Waals surface area contributed by atoms with Crippen LogP contribution in [0.1, 0.15) is 48.9 Å². The summed E-state index contributed by atoms with van der Waals surface area (Å²) in [5, 5.41) is 6.29. The molecule has 8 heteroatoms. The quantitative estimate of drug-likeness (QED) is 0.620. The zero-order valence-corrected chi connectivity index (χ0v) is 18.7. The fraction of sp³-hybridized carbons (Fsp3) is 0.417. The smallest absolute Gasteiger partial charge is 0.264 e. The van der Waals surface area contributed by atoms with Crippen molar-refractivity contribution in [2.24, 2.45) is 11.8 Å². The van der Waals surface area contributed by atoms with Crippen molar-refractivity contribution in [2.75, 3.05) is 11.9 Å². The van der Waals surface area contributed by atoms with Crippen molar-refractivity contribution in [3.8, 4) is 0 Å². The van der Waals surface area contributed by atoms with Crippen LogP contribution in [-0.2, 0) is 14.8 Å². The van der Waals surface area contributed by atoms with Gasteiger partial charge in [-0.3, -0.25) is 9.59 Å². The monoisotopic (exact) mass is 455 g/mol. The molecule has 1 heterocycles. The van der Waals surface area contributed by atoms with Crippen molar-refractivity contribution >= 4 is 27.5 Å². The molecule has 2 aromatic rings. The number of rotatable bonds is 6. The highest BCUT2D eigenvalue weighted by Crippen LogP contribution is 2.36. The van der Waals surface area contributed by atoms with E-state index in [-0.39, 0.29) is 22.4 Å². The minimum absolute atomic E-state index is 0.0221. The largest absolute Gasteiger partial charge is 0.325 e. The van der Waals surface area contributed by atoms with Gasteiger partial charge in [-0.1, -0.05) is 50.3 Å². The highest BCUT2D eigenvalue weighted by molar-refractivity contribution is 7.90. The topological polar surface area (TPSA) is 104 Å². The molecule has 0 bridgehead atoms. The van der Waals surface area contributed by atoms with E-state index < -0.39 is 15.9 Å². The lowest BCUT2D eigenvalue weighted by molar-refractivity contribution is -0.119. The summed E-state index contributed by atoms with van der Waals surface area (Å²) in [4.78, 5) is 25.3. The van der Waals surface area contributed by atoms with Gasteiger partial charge in [0.2, 0.25) is 5.91 Å². The van der Waals surface area contributed by atoms with Gasteiger partial charge in [-0.25, -0.2) is 13.1 Å². The number of hydrogen-bond acceptors (Lipinski definition) is 5. The number of carbonyl (C=O) groups is 2. The van der Waals surface area contributed by atoms with E-state index in [2.05, 4.69) is 15.4 Å². The number of carbonyl (C=O) groups excluding carboxylic acids is 2. The first-order valence-electron chi connectivity index (χ1n) is 11.2. The molecular formula is C24H29N3O4S. The molecule has 1 aliphatic heterocycles. The lowest BCUT2D eigenvalue weighted by Gasteiger charge is -2.30.